The second-order valence-electron chi connectivity index (χ2n) is 8.37. The maximum atomic E-state index is 12.5. The van der Waals surface area contributed by atoms with Gasteiger partial charge in [-0.3, -0.25) is 0 Å². The van der Waals surface area contributed by atoms with Crippen molar-refractivity contribution in [2.24, 2.45) is 5.11 Å². The summed E-state index contributed by atoms with van der Waals surface area (Å²) in [4.78, 5) is 27.0. The summed E-state index contributed by atoms with van der Waals surface area (Å²) in [6, 6.07) is 21.8. The molecule has 0 radical (unpaired) electrons. The van der Waals surface area contributed by atoms with Crippen LogP contribution < -0.4 is 10.1 Å². The normalized spacial score (nSPS) is 12.6. The molecule has 3 aromatic rings. The topological polar surface area (TPSA) is 134 Å². The highest BCUT2D eigenvalue weighted by Gasteiger charge is 2.29. The van der Waals surface area contributed by atoms with Crippen LogP contribution in [0.15, 0.2) is 77.9 Å². The maximum Gasteiger partial charge on any atom is 0.407 e. The van der Waals surface area contributed by atoms with Crippen LogP contribution in [0.5, 0.6) is 5.75 Å². The summed E-state index contributed by atoms with van der Waals surface area (Å²) in [6.07, 6.45) is -0.0857. The van der Waals surface area contributed by atoms with E-state index in [-0.39, 0.29) is 18.9 Å². The number of rotatable bonds is 11. The van der Waals surface area contributed by atoms with Gasteiger partial charge >= 0.3 is 12.1 Å². The van der Waals surface area contributed by atoms with Crippen LogP contribution in [0.3, 0.4) is 0 Å². The SMILES string of the molecule is [N-]=[N+]=NCCCOc1ccc(CC(NC(=O)OCC2c3ccccc3-c3ccccc32)C(=O)O)cc1. The molecule has 0 saturated carbocycles. The van der Waals surface area contributed by atoms with Crippen molar-refractivity contribution in [1.82, 2.24) is 5.32 Å². The van der Waals surface area contributed by atoms with E-state index in [1.807, 2.05) is 48.5 Å². The Hall–Kier alpha value is -4.49. The van der Waals surface area contributed by atoms with Gasteiger partial charge in [0.1, 0.15) is 18.4 Å². The minimum Gasteiger partial charge on any atom is -0.494 e. The number of carboxylic acid groups (broad SMARTS) is 1. The largest absolute Gasteiger partial charge is 0.494 e. The monoisotopic (exact) mass is 486 g/mol. The van der Waals surface area contributed by atoms with Gasteiger partial charge in [0.2, 0.25) is 0 Å². The quantitative estimate of drug-likeness (QED) is 0.164. The number of aliphatic carboxylic acids is 1. The molecule has 1 aliphatic rings. The third-order valence-corrected chi connectivity index (χ3v) is 6.03. The Labute approximate surface area is 208 Å². The highest BCUT2D eigenvalue weighted by molar-refractivity contribution is 5.81. The zero-order chi connectivity index (χ0) is 25.3. The number of azide groups is 1. The number of hydrogen-bond acceptors (Lipinski definition) is 5. The lowest BCUT2D eigenvalue weighted by Crippen LogP contribution is -2.42. The zero-order valence-electron chi connectivity index (χ0n) is 19.5. The molecule has 1 aliphatic carbocycles. The van der Waals surface area contributed by atoms with Crippen LogP contribution in [-0.4, -0.2) is 43.0 Å². The molecule has 0 aliphatic heterocycles. The molecule has 1 atom stereocenters. The van der Waals surface area contributed by atoms with Crippen LogP contribution >= 0.6 is 0 Å². The second-order valence-corrected chi connectivity index (χ2v) is 8.37. The number of benzene rings is 3. The van der Waals surface area contributed by atoms with E-state index in [0.29, 0.717) is 25.3 Å². The van der Waals surface area contributed by atoms with Crippen LogP contribution in [0.2, 0.25) is 0 Å². The molecule has 0 spiro atoms. The molecule has 0 saturated heterocycles. The van der Waals surface area contributed by atoms with Gasteiger partial charge in [0.05, 0.1) is 6.61 Å². The van der Waals surface area contributed by atoms with Gasteiger partial charge in [0.15, 0.2) is 0 Å². The van der Waals surface area contributed by atoms with E-state index in [0.717, 1.165) is 27.8 Å². The van der Waals surface area contributed by atoms with Gasteiger partial charge in [0.25, 0.3) is 0 Å². The Morgan fingerprint density at radius 3 is 2.25 bits per heavy atom. The Morgan fingerprint density at radius 1 is 1.00 bits per heavy atom. The molecular formula is C27H26N4O5. The third-order valence-electron chi connectivity index (χ3n) is 6.03. The first-order valence-electron chi connectivity index (χ1n) is 11.6. The van der Waals surface area contributed by atoms with Gasteiger partial charge in [-0.25, -0.2) is 9.59 Å². The average molecular weight is 487 g/mol. The zero-order valence-corrected chi connectivity index (χ0v) is 19.5. The number of carbonyl (C=O) groups excluding carboxylic acids is 1. The minimum atomic E-state index is -1.15. The van der Waals surface area contributed by atoms with Crippen molar-refractivity contribution < 1.29 is 24.2 Å². The number of carbonyl (C=O) groups is 2. The van der Waals surface area contributed by atoms with Crippen LogP contribution in [0, 0.1) is 0 Å². The lowest BCUT2D eigenvalue weighted by molar-refractivity contribution is -0.139. The average Bonchev–Trinajstić information content (AvgIpc) is 3.21. The van der Waals surface area contributed by atoms with E-state index in [9.17, 15) is 14.7 Å². The minimum absolute atomic E-state index is 0.0939. The standard InChI is InChI=1S/C27H26N4O5/c28-31-29-14-5-15-35-19-12-10-18(11-13-19)16-25(26(32)33)30-27(34)36-17-24-22-8-3-1-6-20(22)21-7-2-4-9-23(21)24/h1-4,6-13,24-25H,5,14-17H2,(H,30,34)(H,32,33). The second kappa shape index (κ2) is 11.8. The van der Waals surface area contributed by atoms with Crippen LogP contribution in [0.1, 0.15) is 29.0 Å². The molecule has 3 aromatic carbocycles. The Morgan fingerprint density at radius 2 is 1.64 bits per heavy atom. The molecule has 1 amide bonds. The van der Waals surface area contributed by atoms with Gasteiger partial charge in [-0.05, 0) is 51.9 Å². The van der Waals surface area contributed by atoms with Crippen molar-refractivity contribution in [2.45, 2.75) is 24.8 Å². The summed E-state index contributed by atoms with van der Waals surface area (Å²) < 4.78 is 11.1. The fraction of sp³-hybridized carbons (Fsp3) is 0.259. The molecule has 0 fully saturated rings. The third kappa shape index (κ3) is 5.95. The Bertz CT molecular complexity index is 1230. The van der Waals surface area contributed by atoms with Crippen molar-refractivity contribution in [3.63, 3.8) is 0 Å². The van der Waals surface area contributed by atoms with Crippen molar-refractivity contribution in [1.29, 1.82) is 0 Å². The molecule has 9 nitrogen and oxygen atoms in total. The van der Waals surface area contributed by atoms with Crippen LogP contribution in [0.4, 0.5) is 4.79 Å². The predicted octanol–water partition coefficient (Wildman–Crippen LogP) is 5.30. The summed E-state index contributed by atoms with van der Waals surface area (Å²) in [5, 5.41) is 15.6. The number of ether oxygens (including phenoxy) is 2. The van der Waals surface area contributed by atoms with Gasteiger partial charge in [-0.2, -0.15) is 0 Å². The first-order valence-corrected chi connectivity index (χ1v) is 11.6. The summed E-state index contributed by atoms with van der Waals surface area (Å²) in [6.45, 7) is 0.869. The molecule has 184 valence electrons. The number of nitrogens with one attached hydrogen (secondary N) is 1. The van der Waals surface area contributed by atoms with E-state index in [4.69, 9.17) is 15.0 Å². The molecule has 4 rings (SSSR count). The van der Waals surface area contributed by atoms with Crippen molar-refractivity contribution in [2.75, 3.05) is 19.8 Å². The van der Waals surface area contributed by atoms with E-state index in [1.54, 1.807) is 24.3 Å². The Kier molecular flexibility index (Phi) is 8.05. The lowest BCUT2D eigenvalue weighted by Gasteiger charge is -2.17. The van der Waals surface area contributed by atoms with E-state index in [2.05, 4.69) is 15.3 Å². The van der Waals surface area contributed by atoms with Gasteiger partial charge in [-0.15, -0.1) is 0 Å². The maximum absolute atomic E-state index is 12.5. The molecule has 0 heterocycles. The number of amides is 1. The summed E-state index contributed by atoms with van der Waals surface area (Å²) in [5.41, 5.74) is 13.4. The smallest absolute Gasteiger partial charge is 0.407 e. The highest BCUT2D eigenvalue weighted by Crippen LogP contribution is 2.44. The van der Waals surface area contributed by atoms with E-state index < -0.39 is 18.1 Å². The van der Waals surface area contributed by atoms with Crippen LogP contribution in [-0.2, 0) is 16.0 Å². The number of alkyl carbamates (subject to hydrolysis) is 1. The van der Waals surface area contributed by atoms with Crippen LogP contribution in [0.25, 0.3) is 21.6 Å². The molecular weight excluding hydrogens is 460 g/mol. The molecule has 2 N–H and O–H groups in total. The van der Waals surface area contributed by atoms with Crippen molar-refractivity contribution >= 4 is 12.1 Å². The Balaban J connectivity index is 1.32. The van der Waals surface area contributed by atoms with Crippen molar-refractivity contribution in [3.8, 4) is 16.9 Å². The number of carboxylic acids is 1. The molecule has 0 aromatic heterocycles. The van der Waals surface area contributed by atoms with E-state index >= 15 is 0 Å². The summed E-state index contributed by atoms with van der Waals surface area (Å²) in [7, 11) is 0. The van der Waals surface area contributed by atoms with Gasteiger partial charge in [0, 0.05) is 23.8 Å². The molecule has 36 heavy (non-hydrogen) atoms. The molecule has 0 bridgehead atoms. The number of nitrogens with zero attached hydrogens (tertiary/aromatic N) is 3. The van der Waals surface area contributed by atoms with E-state index in [1.165, 1.54) is 0 Å². The van der Waals surface area contributed by atoms with Gasteiger partial charge in [-0.1, -0.05) is 65.8 Å². The number of fused-ring (bicyclic) bond motifs is 3. The fourth-order valence-electron chi connectivity index (χ4n) is 4.31. The fourth-order valence-corrected chi connectivity index (χ4v) is 4.31. The number of hydrogen-bond donors (Lipinski definition) is 2. The molecule has 9 heteroatoms. The molecule has 1 unspecified atom stereocenters. The van der Waals surface area contributed by atoms with Gasteiger partial charge < -0.3 is 19.9 Å². The van der Waals surface area contributed by atoms with Crippen molar-refractivity contribution in [3.05, 3.63) is 99.9 Å². The highest BCUT2D eigenvalue weighted by atomic mass is 16.5. The first-order chi connectivity index (χ1) is 17.6. The first kappa shape index (κ1) is 24.6. The summed E-state index contributed by atoms with van der Waals surface area (Å²) >= 11 is 0. The lowest BCUT2D eigenvalue weighted by atomic mass is 9.98. The predicted molar refractivity (Wildman–Crippen MR) is 134 cm³/mol. The summed E-state index contributed by atoms with van der Waals surface area (Å²) in [5.74, 6) is -0.636.